The van der Waals surface area contributed by atoms with Crippen molar-refractivity contribution in [2.45, 2.75) is 33.0 Å². The predicted molar refractivity (Wildman–Crippen MR) is 67.2 cm³/mol. The van der Waals surface area contributed by atoms with Crippen LogP contribution in [-0.4, -0.2) is 18.6 Å². The van der Waals surface area contributed by atoms with Crippen molar-refractivity contribution >= 4 is 5.91 Å². The third kappa shape index (κ3) is 4.81. The fourth-order valence-corrected chi connectivity index (χ4v) is 1.35. The molecular formula is C13H19FN2O2. The number of carbonyl (C=O) groups is 1. The van der Waals surface area contributed by atoms with Crippen LogP contribution in [0.5, 0.6) is 0 Å². The third-order valence-electron chi connectivity index (χ3n) is 2.38. The molecule has 1 rings (SSSR count). The molecule has 3 N–H and O–H groups in total. The third-order valence-corrected chi connectivity index (χ3v) is 2.38. The van der Waals surface area contributed by atoms with E-state index in [-0.39, 0.29) is 31.0 Å². The molecule has 0 aliphatic carbocycles. The molecule has 1 amide bonds. The molecule has 100 valence electrons. The van der Waals surface area contributed by atoms with Gasteiger partial charge in [-0.25, -0.2) is 4.39 Å². The summed E-state index contributed by atoms with van der Waals surface area (Å²) in [6.45, 7) is 4.12. The molecule has 5 heteroatoms. The Hall–Kier alpha value is -1.46. The van der Waals surface area contributed by atoms with Gasteiger partial charge in [-0.1, -0.05) is 12.1 Å². The van der Waals surface area contributed by atoms with Crippen LogP contribution in [0.4, 0.5) is 4.39 Å². The molecule has 0 atom stereocenters. The zero-order chi connectivity index (χ0) is 13.5. The van der Waals surface area contributed by atoms with Gasteiger partial charge in [0, 0.05) is 18.7 Å². The second-order valence-corrected chi connectivity index (χ2v) is 4.27. The number of hydrogen-bond donors (Lipinski definition) is 2. The van der Waals surface area contributed by atoms with E-state index in [1.54, 1.807) is 12.1 Å². The molecule has 0 radical (unpaired) electrons. The summed E-state index contributed by atoms with van der Waals surface area (Å²) in [4.78, 5) is 11.4. The van der Waals surface area contributed by atoms with Gasteiger partial charge in [0.15, 0.2) is 0 Å². The highest BCUT2D eigenvalue weighted by Crippen LogP contribution is 2.09. The van der Waals surface area contributed by atoms with Crippen molar-refractivity contribution in [2.75, 3.05) is 6.61 Å². The van der Waals surface area contributed by atoms with E-state index in [9.17, 15) is 9.18 Å². The average molecular weight is 254 g/mol. The summed E-state index contributed by atoms with van der Waals surface area (Å²) < 4.78 is 18.7. The van der Waals surface area contributed by atoms with Crippen LogP contribution in [-0.2, 0) is 22.6 Å². The Morgan fingerprint density at radius 3 is 2.78 bits per heavy atom. The molecule has 0 heterocycles. The zero-order valence-electron chi connectivity index (χ0n) is 10.7. The van der Waals surface area contributed by atoms with E-state index in [4.69, 9.17) is 10.5 Å². The second kappa shape index (κ2) is 7.08. The van der Waals surface area contributed by atoms with Gasteiger partial charge in [0.05, 0.1) is 6.10 Å². The minimum atomic E-state index is -0.358. The molecule has 0 unspecified atom stereocenters. The van der Waals surface area contributed by atoms with Crippen molar-refractivity contribution in [1.29, 1.82) is 0 Å². The monoisotopic (exact) mass is 254 g/mol. The normalized spacial score (nSPS) is 10.7. The molecule has 1 aromatic carbocycles. The van der Waals surface area contributed by atoms with Gasteiger partial charge in [0.2, 0.25) is 5.91 Å². The van der Waals surface area contributed by atoms with Crippen LogP contribution < -0.4 is 11.1 Å². The first-order chi connectivity index (χ1) is 8.52. The number of halogens is 1. The molecule has 0 spiro atoms. The van der Waals surface area contributed by atoms with E-state index in [1.165, 1.54) is 6.07 Å². The average Bonchev–Trinajstić information content (AvgIpc) is 2.34. The first kappa shape index (κ1) is 14.6. The molecule has 0 fully saturated rings. The first-order valence-electron chi connectivity index (χ1n) is 5.88. The van der Waals surface area contributed by atoms with E-state index in [2.05, 4.69) is 5.32 Å². The number of rotatable bonds is 6. The maximum Gasteiger partial charge on any atom is 0.246 e. The molecule has 18 heavy (non-hydrogen) atoms. The summed E-state index contributed by atoms with van der Waals surface area (Å²) in [6.07, 6.45) is -0.00340. The van der Waals surface area contributed by atoms with Crippen molar-refractivity contribution in [3.8, 4) is 0 Å². The highest BCUT2D eigenvalue weighted by atomic mass is 19.1. The summed E-state index contributed by atoms with van der Waals surface area (Å²) in [5.74, 6) is -0.617. The first-order valence-corrected chi connectivity index (χ1v) is 5.88. The Morgan fingerprint density at radius 2 is 2.22 bits per heavy atom. The minimum Gasteiger partial charge on any atom is -0.369 e. The number of amides is 1. The molecule has 4 nitrogen and oxygen atoms in total. The van der Waals surface area contributed by atoms with Crippen LogP contribution >= 0.6 is 0 Å². The summed E-state index contributed by atoms with van der Waals surface area (Å²) in [5.41, 5.74) is 6.57. The number of benzene rings is 1. The van der Waals surface area contributed by atoms with Crippen molar-refractivity contribution in [3.05, 3.63) is 35.1 Å². The molecule has 1 aromatic rings. The number of ether oxygens (including phenoxy) is 1. The van der Waals surface area contributed by atoms with Crippen LogP contribution in [0, 0.1) is 5.82 Å². The van der Waals surface area contributed by atoms with Gasteiger partial charge in [-0.15, -0.1) is 0 Å². The van der Waals surface area contributed by atoms with Gasteiger partial charge in [-0.05, 0) is 25.5 Å². The molecule has 0 aliphatic heterocycles. The highest BCUT2D eigenvalue weighted by molar-refractivity contribution is 5.77. The van der Waals surface area contributed by atoms with Crippen molar-refractivity contribution in [1.82, 2.24) is 5.32 Å². The van der Waals surface area contributed by atoms with Crippen LogP contribution in [0.25, 0.3) is 0 Å². The Labute approximate surface area is 106 Å². The lowest BCUT2D eigenvalue weighted by Gasteiger charge is -2.09. The van der Waals surface area contributed by atoms with E-state index >= 15 is 0 Å². The number of nitrogens with two attached hydrogens (primary N) is 1. The fraction of sp³-hybridized carbons (Fsp3) is 0.462. The standard InChI is InChI=1S/C13H19FN2O2/c1-9(2)18-8-13(17)16-7-11-4-3-10(6-15)5-12(11)14/h3-5,9H,6-8,15H2,1-2H3,(H,16,17). The topological polar surface area (TPSA) is 64.3 Å². The van der Waals surface area contributed by atoms with Crippen LogP contribution in [0.3, 0.4) is 0 Å². The van der Waals surface area contributed by atoms with Crippen molar-refractivity contribution in [3.63, 3.8) is 0 Å². The lowest BCUT2D eigenvalue weighted by Crippen LogP contribution is -2.28. The van der Waals surface area contributed by atoms with Gasteiger partial charge in [0.25, 0.3) is 0 Å². The quantitative estimate of drug-likeness (QED) is 0.805. The van der Waals surface area contributed by atoms with Gasteiger partial charge in [-0.2, -0.15) is 0 Å². The zero-order valence-corrected chi connectivity index (χ0v) is 10.7. The Kier molecular flexibility index (Phi) is 5.74. The predicted octanol–water partition coefficient (Wildman–Crippen LogP) is 1.33. The lowest BCUT2D eigenvalue weighted by atomic mass is 10.1. The van der Waals surface area contributed by atoms with E-state index < -0.39 is 0 Å². The van der Waals surface area contributed by atoms with Gasteiger partial charge >= 0.3 is 0 Å². The Balaban J connectivity index is 2.46. The Morgan fingerprint density at radius 1 is 1.50 bits per heavy atom. The van der Waals surface area contributed by atoms with Crippen LogP contribution in [0.1, 0.15) is 25.0 Å². The summed E-state index contributed by atoms with van der Waals surface area (Å²) in [7, 11) is 0. The number of nitrogens with one attached hydrogen (secondary N) is 1. The second-order valence-electron chi connectivity index (χ2n) is 4.27. The summed E-state index contributed by atoms with van der Waals surface area (Å²) in [6, 6.07) is 4.75. The number of carbonyl (C=O) groups excluding carboxylic acids is 1. The summed E-state index contributed by atoms with van der Waals surface area (Å²) >= 11 is 0. The highest BCUT2D eigenvalue weighted by Gasteiger charge is 2.06. The molecular weight excluding hydrogens is 235 g/mol. The van der Waals surface area contributed by atoms with Gasteiger partial charge in [-0.3, -0.25) is 4.79 Å². The van der Waals surface area contributed by atoms with E-state index in [0.29, 0.717) is 12.1 Å². The van der Waals surface area contributed by atoms with E-state index in [0.717, 1.165) is 5.56 Å². The number of hydrogen-bond acceptors (Lipinski definition) is 3. The van der Waals surface area contributed by atoms with Crippen molar-refractivity contribution < 1.29 is 13.9 Å². The molecule has 0 saturated carbocycles. The smallest absolute Gasteiger partial charge is 0.246 e. The van der Waals surface area contributed by atoms with Crippen LogP contribution in [0.15, 0.2) is 18.2 Å². The maximum absolute atomic E-state index is 13.6. The molecule has 0 bridgehead atoms. The molecule has 0 saturated heterocycles. The molecule has 0 aromatic heterocycles. The van der Waals surface area contributed by atoms with Crippen molar-refractivity contribution in [2.24, 2.45) is 5.73 Å². The SMILES string of the molecule is CC(C)OCC(=O)NCc1ccc(CN)cc1F. The minimum absolute atomic E-state index is 0.00340. The maximum atomic E-state index is 13.6. The fourth-order valence-electron chi connectivity index (χ4n) is 1.35. The van der Waals surface area contributed by atoms with E-state index in [1.807, 2.05) is 13.8 Å². The largest absolute Gasteiger partial charge is 0.369 e. The Bertz CT molecular complexity index is 408. The van der Waals surface area contributed by atoms with Gasteiger partial charge < -0.3 is 15.8 Å². The lowest BCUT2D eigenvalue weighted by molar-refractivity contribution is -0.127. The molecule has 0 aliphatic rings. The summed E-state index contributed by atoms with van der Waals surface area (Å²) in [5, 5.41) is 2.60. The van der Waals surface area contributed by atoms with Gasteiger partial charge in [0.1, 0.15) is 12.4 Å². The van der Waals surface area contributed by atoms with Crippen LogP contribution in [0.2, 0.25) is 0 Å².